The van der Waals surface area contributed by atoms with Crippen molar-refractivity contribution in [3.63, 3.8) is 0 Å². The van der Waals surface area contributed by atoms with Crippen molar-refractivity contribution in [2.45, 2.75) is 212 Å². The minimum atomic E-state index is -2.17. The van der Waals surface area contributed by atoms with E-state index in [0.717, 1.165) is 27.7 Å². The molecule has 0 radical (unpaired) electrons. The molecular weight excluding hydrogens is 1080 g/mol. The van der Waals surface area contributed by atoms with Crippen LogP contribution in [0, 0.1) is 0 Å². The van der Waals surface area contributed by atoms with Gasteiger partial charge in [-0.15, -0.1) is 0 Å². The Bertz CT molecular complexity index is 1990. The van der Waals surface area contributed by atoms with Gasteiger partial charge in [-0.1, -0.05) is 0 Å². The summed E-state index contributed by atoms with van der Waals surface area (Å²) in [6, 6.07) is -6.41. The molecule has 6 aliphatic rings. The molecule has 79 heavy (non-hydrogen) atoms. The van der Waals surface area contributed by atoms with Crippen molar-refractivity contribution >= 4 is 23.6 Å². The first-order chi connectivity index (χ1) is 37.3. The van der Waals surface area contributed by atoms with Gasteiger partial charge in [-0.2, -0.15) is 0 Å². The topological polar surface area (TPSA) is 542 Å². The van der Waals surface area contributed by atoms with Gasteiger partial charge in [0.2, 0.25) is 23.6 Å². The van der Waals surface area contributed by atoms with Gasteiger partial charge in [-0.25, -0.2) is 0 Å². The molecule has 30 atom stereocenters. The number of nitrogens with one attached hydrogen (secondary N) is 4. The average molecular weight is 1160 g/mol. The third-order valence-electron chi connectivity index (χ3n) is 14.0. The second-order valence-corrected chi connectivity index (χ2v) is 19.7. The largest absolute Gasteiger partial charge is 0.394 e. The highest BCUT2D eigenvalue weighted by Gasteiger charge is 2.57. The Hall–Kier alpha value is -3.20. The van der Waals surface area contributed by atoms with E-state index in [9.17, 15) is 101 Å². The Kier molecular flexibility index (Phi) is 23.3. The molecule has 0 spiro atoms. The van der Waals surface area contributed by atoms with Gasteiger partial charge in [-0.05, 0) is 0 Å². The van der Waals surface area contributed by atoms with Gasteiger partial charge in [0.25, 0.3) is 0 Å². The van der Waals surface area contributed by atoms with Crippen LogP contribution in [0.5, 0.6) is 0 Å². The summed E-state index contributed by atoms with van der Waals surface area (Å²) in [5, 5.41) is 182. The molecule has 0 aromatic rings. The molecule has 0 unspecified atom stereocenters. The molecule has 0 bridgehead atoms. The molecule has 0 saturated carbocycles. The lowest BCUT2D eigenvalue weighted by Crippen LogP contribution is -2.70. The van der Waals surface area contributed by atoms with Gasteiger partial charge in [0.1, 0.15) is 146 Å². The minimum Gasteiger partial charge on any atom is -0.394 e. The van der Waals surface area contributed by atoms with Gasteiger partial charge in [-0.3, -0.25) is 19.2 Å². The maximum Gasteiger partial charge on any atom is 0.217 e. The maximum atomic E-state index is 12.6. The molecular formula is C44H74N4O31. The minimum absolute atomic E-state index is 0.718. The number of amides is 4. The molecule has 6 rings (SSSR count). The number of ether oxygens (including phenoxy) is 11. The Morgan fingerprint density at radius 2 is 0.646 bits per heavy atom. The van der Waals surface area contributed by atoms with Crippen molar-refractivity contribution in [2.75, 3.05) is 39.6 Å². The predicted molar refractivity (Wildman–Crippen MR) is 246 cm³/mol. The Balaban J connectivity index is 1.15. The molecule has 6 saturated heterocycles. The Morgan fingerprint density at radius 1 is 0.329 bits per heavy atom. The zero-order valence-corrected chi connectivity index (χ0v) is 42.8. The fraction of sp³-hybridized carbons (Fsp3) is 0.909. The van der Waals surface area contributed by atoms with Crippen LogP contribution in [0.4, 0.5) is 0 Å². The number of aliphatic hydroxyl groups excluding tert-OH is 16. The summed E-state index contributed by atoms with van der Waals surface area (Å²) in [7, 11) is 0. The first kappa shape index (κ1) is 65.0. The lowest BCUT2D eigenvalue weighted by molar-refractivity contribution is -0.372. The second kappa shape index (κ2) is 28.4. The zero-order valence-electron chi connectivity index (χ0n) is 42.8. The summed E-state index contributed by atoms with van der Waals surface area (Å²) in [5.41, 5.74) is 0. The van der Waals surface area contributed by atoms with Gasteiger partial charge in [0.05, 0.1) is 39.6 Å². The fourth-order valence-corrected chi connectivity index (χ4v) is 10.0. The van der Waals surface area contributed by atoms with Gasteiger partial charge < -0.3 is 155 Å². The first-order valence-corrected chi connectivity index (χ1v) is 25.1. The van der Waals surface area contributed by atoms with E-state index in [2.05, 4.69) is 21.3 Å². The molecule has 6 fully saturated rings. The molecule has 0 aliphatic carbocycles. The van der Waals surface area contributed by atoms with Crippen molar-refractivity contribution in [3.8, 4) is 0 Å². The summed E-state index contributed by atoms with van der Waals surface area (Å²) in [6.07, 6.45) is -47.6. The Labute approximate surface area is 448 Å². The van der Waals surface area contributed by atoms with E-state index in [4.69, 9.17) is 52.1 Å². The van der Waals surface area contributed by atoms with E-state index in [-0.39, 0.29) is 0 Å². The van der Waals surface area contributed by atoms with Crippen molar-refractivity contribution in [2.24, 2.45) is 0 Å². The first-order valence-electron chi connectivity index (χ1n) is 25.1. The van der Waals surface area contributed by atoms with Crippen LogP contribution in [0.15, 0.2) is 0 Å². The van der Waals surface area contributed by atoms with Crippen LogP contribution in [0.1, 0.15) is 27.7 Å². The molecule has 4 amide bonds. The number of carbonyl (C=O) groups is 4. The van der Waals surface area contributed by atoms with Gasteiger partial charge in [0.15, 0.2) is 37.7 Å². The lowest BCUT2D eigenvalue weighted by atomic mass is 9.94. The molecule has 35 heteroatoms. The van der Waals surface area contributed by atoms with Crippen LogP contribution in [0.3, 0.4) is 0 Å². The highest BCUT2D eigenvalue weighted by atomic mass is 16.8. The molecule has 456 valence electrons. The SMILES string of the molecule is CC(=O)N[C@@H]1[C@@H](O[C@@H]2O[C@H](CO)[C@H](O[C@@H]3O[C@H](CO)[C@@H](O)[C@H](O)[C@H]3NC(C)=O)[C@H](O)[C@H]2O)[C@@H](O)[C@@H](CO[C@@H]2O[C@H](CO)[C@@H](O[C@@H]3O[C@H](CO)[C@H](O[C@@H]4O[C@H](CO)[C@@H](O)[C@H](O)[C@H]4NC(C)=O)[C@H](O)[C@H]3O)[C@H](O)[C@H]2NC(C)=O)O[C@@H]1O. The van der Waals surface area contributed by atoms with E-state index in [0.29, 0.717) is 0 Å². The maximum absolute atomic E-state index is 12.6. The van der Waals surface area contributed by atoms with E-state index in [1.54, 1.807) is 0 Å². The molecule has 6 aliphatic heterocycles. The molecule has 6 heterocycles. The third kappa shape index (κ3) is 14.8. The molecule has 35 nitrogen and oxygen atoms in total. The normalized spacial score (nSPS) is 46.7. The monoisotopic (exact) mass is 1150 g/mol. The second-order valence-electron chi connectivity index (χ2n) is 19.7. The number of rotatable bonds is 20. The number of aliphatic hydroxyl groups is 16. The van der Waals surface area contributed by atoms with Crippen molar-refractivity contribution in [1.29, 1.82) is 0 Å². The van der Waals surface area contributed by atoms with Gasteiger partial charge in [0, 0.05) is 27.7 Å². The summed E-state index contributed by atoms with van der Waals surface area (Å²) >= 11 is 0. The van der Waals surface area contributed by atoms with Crippen LogP contribution < -0.4 is 21.3 Å². The predicted octanol–water partition coefficient (Wildman–Crippen LogP) is -13.5. The van der Waals surface area contributed by atoms with E-state index < -0.39 is 247 Å². The number of hydrogen-bond acceptors (Lipinski definition) is 31. The fourth-order valence-electron chi connectivity index (χ4n) is 10.0. The zero-order chi connectivity index (χ0) is 58.5. The average Bonchev–Trinajstić information content (AvgIpc) is 3.49. The summed E-state index contributed by atoms with van der Waals surface area (Å²) in [5.74, 6) is -3.05. The van der Waals surface area contributed by atoms with E-state index in [1.807, 2.05) is 0 Å². The van der Waals surface area contributed by atoms with Crippen molar-refractivity contribution in [3.05, 3.63) is 0 Å². The smallest absolute Gasteiger partial charge is 0.217 e. The van der Waals surface area contributed by atoms with Gasteiger partial charge >= 0.3 is 0 Å². The van der Waals surface area contributed by atoms with Crippen LogP contribution in [0.25, 0.3) is 0 Å². The Morgan fingerprint density at radius 3 is 1.03 bits per heavy atom. The quantitative estimate of drug-likeness (QED) is 0.0538. The van der Waals surface area contributed by atoms with Crippen LogP contribution in [-0.2, 0) is 71.3 Å². The standard InChI is InChI=1S/C44H74N4O31/c1-11(54)45-21-28(61)25(58)15(5-49)71-41(21)76-36-18(8-52)74-43(33(66)31(36)64)78-35-17(7-51)73-40(23(30(35)63)47-13(3)56)69-10-20-27(60)38(24(39(68)70-20)48-14(4)57)79-44-34(67)32(65)37(19(9-53)75-44)77-42-22(46-12(2)55)29(62)26(59)16(6-50)72-42/h15-44,49-53,58-68H,5-10H2,1-4H3,(H,45,54)(H,46,55)(H,47,56)(H,48,57)/t15-,16-,17-,18-,19-,20-,21-,22-,23-,24-,25-,26-,27+,28-,29-,30-,31-,32-,33-,34-,35-,36+,37+,38-,39+,40-,41+,42+,43+,44+/m1/s1. The number of carbonyl (C=O) groups excluding carboxylic acids is 4. The third-order valence-corrected chi connectivity index (χ3v) is 14.0. The summed E-state index contributed by atoms with van der Waals surface area (Å²) in [6.45, 7) is -1.30. The molecule has 20 N–H and O–H groups in total. The highest BCUT2D eigenvalue weighted by Crippen LogP contribution is 2.36. The number of hydrogen-bond donors (Lipinski definition) is 20. The van der Waals surface area contributed by atoms with Crippen LogP contribution in [-0.4, -0.2) is 329 Å². The van der Waals surface area contributed by atoms with Crippen LogP contribution >= 0.6 is 0 Å². The van der Waals surface area contributed by atoms with Crippen molar-refractivity contribution < 1.29 is 153 Å². The van der Waals surface area contributed by atoms with E-state index >= 15 is 0 Å². The highest BCUT2D eigenvalue weighted by molar-refractivity contribution is 5.74. The lowest BCUT2D eigenvalue weighted by Gasteiger charge is -2.49. The van der Waals surface area contributed by atoms with Crippen molar-refractivity contribution in [1.82, 2.24) is 21.3 Å². The van der Waals surface area contributed by atoms with Crippen LogP contribution in [0.2, 0.25) is 0 Å². The molecule has 0 aromatic carbocycles. The summed E-state index contributed by atoms with van der Waals surface area (Å²) in [4.78, 5) is 48.9. The molecule has 0 aromatic heterocycles. The summed E-state index contributed by atoms with van der Waals surface area (Å²) < 4.78 is 63.3. The van der Waals surface area contributed by atoms with E-state index in [1.165, 1.54) is 0 Å².